The minimum absolute atomic E-state index is 0.499. The average Bonchev–Trinajstić information content (AvgIpc) is 2.27. The van der Waals surface area contributed by atoms with Crippen LogP contribution in [0.25, 0.3) is 0 Å². The van der Waals surface area contributed by atoms with Gasteiger partial charge >= 0.3 is 0 Å². The van der Waals surface area contributed by atoms with Gasteiger partial charge in [0.1, 0.15) is 0 Å². The lowest BCUT2D eigenvalue weighted by Crippen LogP contribution is -2.45. The van der Waals surface area contributed by atoms with Crippen molar-refractivity contribution in [2.75, 3.05) is 26.7 Å². The maximum Gasteiger partial charge on any atom is 0.279 e. The van der Waals surface area contributed by atoms with Gasteiger partial charge in [-0.05, 0) is 25.3 Å². The average molecular weight is 249 g/mol. The van der Waals surface area contributed by atoms with E-state index < -0.39 is 10.2 Å². The molecule has 0 unspecified atom stereocenters. The quantitative estimate of drug-likeness (QED) is 0.730. The van der Waals surface area contributed by atoms with Crippen LogP contribution in [-0.2, 0) is 10.2 Å². The van der Waals surface area contributed by atoms with E-state index in [0.29, 0.717) is 25.0 Å². The second-order valence-electron chi connectivity index (χ2n) is 4.61. The molecule has 5 nitrogen and oxygen atoms in total. The molecule has 1 saturated heterocycles. The molecule has 2 N–H and O–H groups in total. The van der Waals surface area contributed by atoms with E-state index in [1.165, 1.54) is 11.4 Å². The molecule has 1 fully saturated rings. The third-order valence-electron chi connectivity index (χ3n) is 2.99. The summed E-state index contributed by atoms with van der Waals surface area (Å²) in [5.74, 6) is 0.603. The van der Waals surface area contributed by atoms with Crippen LogP contribution in [0.3, 0.4) is 0 Å². The zero-order valence-corrected chi connectivity index (χ0v) is 11.2. The van der Waals surface area contributed by atoms with Gasteiger partial charge in [-0.2, -0.15) is 12.7 Å². The van der Waals surface area contributed by atoms with Crippen molar-refractivity contribution in [1.82, 2.24) is 14.3 Å². The third-order valence-corrected chi connectivity index (χ3v) is 4.55. The smallest absolute Gasteiger partial charge is 0.279 e. The minimum atomic E-state index is -3.21. The van der Waals surface area contributed by atoms with Crippen LogP contribution in [0.5, 0.6) is 0 Å². The van der Waals surface area contributed by atoms with Gasteiger partial charge in [0.05, 0.1) is 0 Å². The van der Waals surface area contributed by atoms with E-state index in [1.807, 2.05) is 0 Å². The molecule has 0 aliphatic carbocycles. The Morgan fingerprint density at radius 2 is 1.88 bits per heavy atom. The Labute approximate surface area is 98.8 Å². The fourth-order valence-electron chi connectivity index (χ4n) is 1.89. The molecule has 0 aromatic carbocycles. The maximum absolute atomic E-state index is 11.5. The van der Waals surface area contributed by atoms with Crippen molar-refractivity contribution in [3.63, 3.8) is 0 Å². The topological polar surface area (TPSA) is 61.4 Å². The first kappa shape index (κ1) is 13.9. The molecule has 0 aromatic heterocycles. The number of rotatable bonds is 5. The van der Waals surface area contributed by atoms with Crippen LogP contribution in [0, 0.1) is 5.92 Å². The Balaban J connectivity index is 2.34. The summed E-state index contributed by atoms with van der Waals surface area (Å²) < 4.78 is 26.9. The number of nitrogens with one attached hydrogen (secondary N) is 2. The van der Waals surface area contributed by atoms with E-state index in [0.717, 1.165) is 19.4 Å². The SMILES string of the molecule is CNS(=O)(=O)N1CCC(CNC(C)C)CC1. The predicted molar refractivity (Wildman–Crippen MR) is 65.4 cm³/mol. The molecule has 0 bridgehead atoms. The monoisotopic (exact) mass is 249 g/mol. The Morgan fingerprint density at radius 3 is 2.31 bits per heavy atom. The van der Waals surface area contributed by atoms with Crippen molar-refractivity contribution < 1.29 is 8.42 Å². The van der Waals surface area contributed by atoms with Crippen LogP contribution in [0.15, 0.2) is 0 Å². The first-order chi connectivity index (χ1) is 7.45. The Morgan fingerprint density at radius 1 is 1.31 bits per heavy atom. The molecule has 0 amide bonds. The van der Waals surface area contributed by atoms with Crippen LogP contribution >= 0.6 is 0 Å². The molecule has 1 aliphatic rings. The van der Waals surface area contributed by atoms with Gasteiger partial charge in [-0.1, -0.05) is 13.8 Å². The molecule has 1 rings (SSSR count). The summed E-state index contributed by atoms with van der Waals surface area (Å²) in [4.78, 5) is 0. The molecule has 0 saturated carbocycles. The molecule has 1 heterocycles. The van der Waals surface area contributed by atoms with Gasteiger partial charge in [0.2, 0.25) is 0 Å². The van der Waals surface area contributed by atoms with E-state index in [1.54, 1.807) is 0 Å². The molecule has 96 valence electrons. The van der Waals surface area contributed by atoms with Gasteiger partial charge < -0.3 is 5.32 Å². The van der Waals surface area contributed by atoms with Gasteiger partial charge in [0.15, 0.2) is 0 Å². The molecule has 0 radical (unpaired) electrons. The molecular formula is C10H23N3O2S. The highest BCUT2D eigenvalue weighted by atomic mass is 32.2. The highest BCUT2D eigenvalue weighted by molar-refractivity contribution is 7.87. The summed E-state index contributed by atoms with van der Waals surface area (Å²) in [6.07, 6.45) is 1.89. The Hall–Kier alpha value is -0.170. The molecule has 1 aliphatic heterocycles. The van der Waals surface area contributed by atoms with E-state index in [4.69, 9.17) is 0 Å². The standard InChI is InChI=1S/C10H23N3O2S/c1-9(2)12-8-10-4-6-13(7-5-10)16(14,15)11-3/h9-12H,4-8H2,1-3H3. The summed E-state index contributed by atoms with van der Waals surface area (Å²) in [5, 5.41) is 3.40. The summed E-state index contributed by atoms with van der Waals surface area (Å²) >= 11 is 0. The molecule has 0 atom stereocenters. The van der Waals surface area contributed by atoms with Gasteiger partial charge in [0.25, 0.3) is 10.2 Å². The first-order valence-electron chi connectivity index (χ1n) is 5.87. The van der Waals surface area contributed by atoms with Crippen LogP contribution < -0.4 is 10.0 Å². The van der Waals surface area contributed by atoms with Gasteiger partial charge in [0, 0.05) is 26.2 Å². The van der Waals surface area contributed by atoms with Crippen molar-refractivity contribution >= 4 is 10.2 Å². The molecule has 0 spiro atoms. The molecule has 6 heteroatoms. The number of piperidine rings is 1. The predicted octanol–water partition coefficient (Wildman–Crippen LogP) is 0.161. The van der Waals surface area contributed by atoms with Gasteiger partial charge in [-0.25, -0.2) is 4.72 Å². The van der Waals surface area contributed by atoms with Crippen LogP contribution in [0.4, 0.5) is 0 Å². The highest BCUT2D eigenvalue weighted by Gasteiger charge is 2.26. The summed E-state index contributed by atoms with van der Waals surface area (Å²) in [5.41, 5.74) is 0. The Kier molecular flexibility index (Phi) is 5.17. The minimum Gasteiger partial charge on any atom is -0.314 e. The second-order valence-corrected chi connectivity index (χ2v) is 6.49. The molecule has 0 aromatic rings. The highest BCUT2D eigenvalue weighted by Crippen LogP contribution is 2.18. The molecular weight excluding hydrogens is 226 g/mol. The summed E-state index contributed by atoms with van der Waals surface area (Å²) in [6.45, 7) is 6.51. The lowest BCUT2D eigenvalue weighted by molar-refractivity contribution is 0.262. The first-order valence-corrected chi connectivity index (χ1v) is 7.31. The van der Waals surface area contributed by atoms with E-state index in [9.17, 15) is 8.42 Å². The number of nitrogens with zero attached hydrogens (tertiary/aromatic N) is 1. The zero-order chi connectivity index (χ0) is 12.2. The normalized spacial score (nSPS) is 20.5. The largest absolute Gasteiger partial charge is 0.314 e. The fourth-order valence-corrected chi connectivity index (χ4v) is 2.83. The third kappa shape index (κ3) is 4.01. The van der Waals surface area contributed by atoms with Crippen molar-refractivity contribution in [2.24, 2.45) is 5.92 Å². The lowest BCUT2D eigenvalue weighted by atomic mass is 9.98. The summed E-state index contributed by atoms with van der Waals surface area (Å²) in [6, 6.07) is 0.499. The van der Waals surface area contributed by atoms with Crippen molar-refractivity contribution in [2.45, 2.75) is 32.7 Å². The van der Waals surface area contributed by atoms with Crippen LogP contribution in [0.2, 0.25) is 0 Å². The van der Waals surface area contributed by atoms with E-state index in [2.05, 4.69) is 23.9 Å². The van der Waals surface area contributed by atoms with Crippen molar-refractivity contribution in [1.29, 1.82) is 0 Å². The van der Waals surface area contributed by atoms with Crippen molar-refractivity contribution in [3.8, 4) is 0 Å². The lowest BCUT2D eigenvalue weighted by Gasteiger charge is -2.31. The fraction of sp³-hybridized carbons (Fsp3) is 1.00. The Bertz CT molecular complexity index is 295. The van der Waals surface area contributed by atoms with Crippen molar-refractivity contribution in [3.05, 3.63) is 0 Å². The number of hydrogen-bond acceptors (Lipinski definition) is 3. The van der Waals surface area contributed by atoms with E-state index >= 15 is 0 Å². The molecule has 16 heavy (non-hydrogen) atoms. The number of hydrogen-bond donors (Lipinski definition) is 2. The zero-order valence-electron chi connectivity index (χ0n) is 10.4. The van der Waals surface area contributed by atoms with Crippen LogP contribution in [-0.4, -0.2) is 45.4 Å². The van der Waals surface area contributed by atoms with Crippen LogP contribution in [0.1, 0.15) is 26.7 Å². The summed E-state index contributed by atoms with van der Waals surface area (Å²) in [7, 11) is -1.75. The maximum atomic E-state index is 11.5. The van der Waals surface area contributed by atoms with Gasteiger partial charge in [-0.3, -0.25) is 0 Å². The second kappa shape index (κ2) is 5.95. The van der Waals surface area contributed by atoms with E-state index in [-0.39, 0.29) is 0 Å². The van der Waals surface area contributed by atoms with Gasteiger partial charge in [-0.15, -0.1) is 0 Å².